The molecule has 0 spiro atoms. The van der Waals surface area contributed by atoms with Gasteiger partial charge in [0.05, 0.1) is 11.4 Å². The van der Waals surface area contributed by atoms with Crippen molar-refractivity contribution >= 4 is 0 Å². The molecule has 80 valence electrons. The molecule has 4 heteroatoms. The molecular formula is C10H20N4. The van der Waals surface area contributed by atoms with E-state index in [2.05, 4.69) is 30.3 Å². The molecule has 0 saturated heterocycles. The molecular weight excluding hydrogens is 176 g/mol. The molecule has 0 aliphatic carbocycles. The number of nitrogens with two attached hydrogens (primary N) is 1. The number of nitrogens with zero attached hydrogens (tertiary/aromatic N) is 2. The Morgan fingerprint density at radius 1 is 1.64 bits per heavy atom. The van der Waals surface area contributed by atoms with Gasteiger partial charge in [0.2, 0.25) is 0 Å². The molecule has 14 heavy (non-hydrogen) atoms. The second-order valence-electron chi connectivity index (χ2n) is 3.62. The van der Waals surface area contributed by atoms with E-state index in [0.717, 1.165) is 18.7 Å². The molecule has 0 aliphatic rings. The molecule has 0 aliphatic heterocycles. The summed E-state index contributed by atoms with van der Waals surface area (Å²) in [6.45, 7) is 5.69. The van der Waals surface area contributed by atoms with Gasteiger partial charge in [0.1, 0.15) is 0 Å². The summed E-state index contributed by atoms with van der Waals surface area (Å²) in [7, 11) is 1.98. The summed E-state index contributed by atoms with van der Waals surface area (Å²) in [5, 5.41) is 7.72. The molecule has 0 amide bonds. The quantitative estimate of drug-likeness (QED) is 0.717. The van der Waals surface area contributed by atoms with E-state index in [1.54, 1.807) is 0 Å². The molecule has 1 heterocycles. The van der Waals surface area contributed by atoms with Crippen molar-refractivity contribution in [1.29, 1.82) is 0 Å². The maximum atomic E-state index is 5.52. The highest BCUT2D eigenvalue weighted by molar-refractivity contribution is 5.09. The van der Waals surface area contributed by atoms with Crippen LogP contribution in [0, 0.1) is 0 Å². The highest BCUT2D eigenvalue weighted by atomic mass is 15.3. The molecule has 0 radical (unpaired) electrons. The van der Waals surface area contributed by atoms with Gasteiger partial charge in [-0.1, -0.05) is 6.92 Å². The molecule has 1 atom stereocenters. The number of nitrogens with one attached hydrogen (secondary N) is 1. The highest BCUT2D eigenvalue weighted by Crippen LogP contribution is 2.03. The summed E-state index contributed by atoms with van der Waals surface area (Å²) in [6, 6.07) is 2.49. The molecule has 1 unspecified atom stereocenters. The van der Waals surface area contributed by atoms with Crippen LogP contribution in [0.3, 0.4) is 0 Å². The lowest BCUT2D eigenvalue weighted by atomic mass is 10.3. The van der Waals surface area contributed by atoms with Crippen molar-refractivity contribution in [3.05, 3.63) is 17.5 Å². The van der Waals surface area contributed by atoms with Gasteiger partial charge in [0.15, 0.2) is 0 Å². The third-order valence-electron chi connectivity index (χ3n) is 2.37. The van der Waals surface area contributed by atoms with Gasteiger partial charge >= 0.3 is 0 Å². The van der Waals surface area contributed by atoms with Crippen LogP contribution in [0.2, 0.25) is 0 Å². The summed E-state index contributed by atoms with van der Waals surface area (Å²) in [4.78, 5) is 0. The van der Waals surface area contributed by atoms with E-state index in [-0.39, 0.29) is 0 Å². The van der Waals surface area contributed by atoms with E-state index in [0.29, 0.717) is 12.6 Å². The van der Waals surface area contributed by atoms with E-state index in [9.17, 15) is 0 Å². The van der Waals surface area contributed by atoms with Crippen LogP contribution >= 0.6 is 0 Å². The average molecular weight is 196 g/mol. The van der Waals surface area contributed by atoms with Crippen LogP contribution in [-0.2, 0) is 20.0 Å². The molecule has 1 aromatic rings. The monoisotopic (exact) mass is 196 g/mol. The van der Waals surface area contributed by atoms with Crippen molar-refractivity contribution in [3.8, 4) is 0 Å². The average Bonchev–Trinajstić information content (AvgIpc) is 2.55. The van der Waals surface area contributed by atoms with Gasteiger partial charge < -0.3 is 11.1 Å². The summed E-state index contributed by atoms with van der Waals surface area (Å²) in [5.41, 5.74) is 7.87. The molecule has 1 rings (SSSR count). The lowest BCUT2D eigenvalue weighted by Crippen LogP contribution is -2.33. The first-order chi connectivity index (χ1) is 6.67. The normalized spacial score (nSPS) is 13.1. The van der Waals surface area contributed by atoms with Crippen LogP contribution in [0.15, 0.2) is 6.07 Å². The summed E-state index contributed by atoms with van der Waals surface area (Å²) in [6.07, 6.45) is 0.986. The van der Waals surface area contributed by atoms with Gasteiger partial charge in [0.25, 0.3) is 0 Å². The van der Waals surface area contributed by atoms with E-state index in [1.165, 1.54) is 5.69 Å². The van der Waals surface area contributed by atoms with Gasteiger partial charge in [0, 0.05) is 26.2 Å². The Labute approximate surface area is 85.5 Å². The first-order valence-electron chi connectivity index (χ1n) is 5.12. The third-order valence-corrected chi connectivity index (χ3v) is 2.37. The summed E-state index contributed by atoms with van der Waals surface area (Å²) < 4.78 is 1.93. The SMILES string of the molecule is CCc1cc(CNC(C)CN)n(C)n1. The van der Waals surface area contributed by atoms with E-state index >= 15 is 0 Å². The maximum absolute atomic E-state index is 5.52. The molecule has 1 aromatic heterocycles. The largest absolute Gasteiger partial charge is 0.329 e. The van der Waals surface area contributed by atoms with Gasteiger partial charge in [-0.15, -0.1) is 0 Å². The van der Waals surface area contributed by atoms with Crippen molar-refractivity contribution in [2.75, 3.05) is 6.54 Å². The fraction of sp³-hybridized carbons (Fsp3) is 0.700. The van der Waals surface area contributed by atoms with Crippen LogP contribution in [0.25, 0.3) is 0 Å². The second kappa shape index (κ2) is 5.12. The number of hydrogen-bond donors (Lipinski definition) is 2. The Morgan fingerprint density at radius 2 is 2.36 bits per heavy atom. The number of aryl methyl sites for hydroxylation is 2. The van der Waals surface area contributed by atoms with Crippen LogP contribution in [0.5, 0.6) is 0 Å². The van der Waals surface area contributed by atoms with Crippen molar-refractivity contribution in [2.24, 2.45) is 12.8 Å². The molecule has 0 bridgehead atoms. The zero-order valence-electron chi connectivity index (χ0n) is 9.25. The first-order valence-corrected chi connectivity index (χ1v) is 5.12. The molecule has 0 fully saturated rings. The third kappa shape index (κ3) is 2.82. The fourth-order valence-electron chi connectivity index (χ4n) is 1.27. The van der Waals surface area contributed by atoms with E-state index in [1.807, 2.05) is 11.7 Å². The number of aromatic nitrogens is 2. The number of hydrogen-bond acceptors (Lipinski definition) is 3. The Hall–Kier alpha value is -0.870. The zero-order chi connectivity index (χ0) is 10.6. The van der Waals surface area contributed by atoms with E-state index in [4.69, 9.17) is 5.73 Å². The zero-order valence-corrected chi connectivity index (χ0v) is 9.25. The van der Waals surface area contributed by atoms with Gasteiger partial charge in [-0.05, 0) is 19.4 Å². The Bertz CT molecular complexity index is 280. The fourth-order valence-corrected chi connectivity index (χ4v) is 1.27. The smallest absolute Gasteiger partial charge is 0.0625 e. The van der Waals surface area contributed by atoms with Crippen molar-refractivity contribution < 1.29 is 0 Å². The summed E-state index contributed by atoms with van der Waals surface area (Å²) in [5.74, 6) is 0. The molecule has 0 saturated carbocycles. The van der Waals surface area contributed by atoms with Crippen molar-refractivity contribution in [1.82, 2.24) is 15.1 Å². The predicted octanol–water partition coefficient (Wildman–Crippen LogP) is 0.419. The summed E-state index contributed by atoms with van der Waals surface area (Å²) >= 11 is 0. The topological polar surface area (TPSA) is 55.9 Å². The van der Waals surface area contributed by atoms with Gasteiger partial charge in [-0.3, -0.25) is 4.68 Å². The Morgan fingerprint density at radius 3 is 2.86 bits per heavy atom. The maximum Gasteiger partial charge on any atom is 0.0625 e. The lowest BCUT2D eigenvalue weighted by Gasteiger charge is -2.10. The predicted molar refractivity (Wildman–Crippen MR) is 57.9 cm³/mol. The van der Waals surface area contributed by atoms with Gasteiger partial charge in [-0.2, -0.15) is 5.10 Å². The first kappa shape index (κ1) is 11.2. The molecule has 0 aromatic carbocycles. The molecule has 3 N–H and O–H groups in total. The second-order valence-corrected chi connectivity index (χ2v) is 3.62. The Kier molecular flexibility index (Phi) is 4.10. The Balaban J connectivity index is 2.53. The number of rotatable bonds is 5. The highest BCUT2D eigenvalue weighted by Gasteiger charge is 2.04. The van der Waals surface area contributed by atoms with Gasteiger partial charge in [-0.25, -0.2) is 0 Å². The van der Waals surface area contributed by atoms with Crippen LogP contribution in [-0.4, -0.2) is 22.4 Å². The minimum atomic E-state index is 0.356. The van der Waals surface area contributed by atoms with Crippen molar-refractivity contribution in [2.45, 2.75) is 32.9 Å². The minimum absolute atomic E-state index is 0.356. The lowest BCUT2D eigenvalue weighted by molar-refractivity contribution is 0.534. The van der Waals surface area contributed by atoms with Crippen LogP contribution < -0.4 is 11.1 Å². The minimum Gasteiger partial charge on any atom is -0.329 e. The van der Waals surface area contributed by atoms with Crippen LogP contribution in [0.4, 0.5) is 0 Å². The van der Waals surface area contributed by atoms with E-state index < -0.39 is 0 Å². The van der Waals surface area contributed by atoms with Crippen molar-refractivity contribution in [3.63, 3.8) is 0 Å². The standard InChI is InChI=1S/C10H20N4/c1-4-9-5-10(14(3)13-9)7-12-8(2)6-11/h5,8,12H,4,6-7,11H2,1-3H3. The van der Waals surface area contributed by atoms with Crippen LogP contribution in [0.1, 0.15) is 25.2 Å². The molecule has 4 nitrogen and oxygen atoms in total.